The summed E-state index contributed by atoms with van der Waals surface area (Å²) >= 11 is 6.00. The lowest BCUT2D eigenvalue weighted by atomic mass is 10.1. The highest BCUT2D eigenvalue weighted by Crippen LogP contribution is 2.15. The number of carbonyl (C=O) groups is 2. The third-order valence-corrected chi connectivity index (χ3v) is 4.65. The Bertz CT molecular complexity index is 724. The number of aliphatic carboxylic acids is 2. The minimum atomic E-state index is -5.08. The molecular formula is C19H25ClF6N2O5. The maximum Gasteiger partial charge on any atom is 0.490 e. The van der Waals surface area contributed by atoms with E-state index >= 15 is 0 Å². The van der Waals surface area contributed by atoms with Crippen LogP contribution in [0.2, 0.25) is 5.02 Å². The van der Waals surface area contributed by atoms with Gasteiger partial charge in [-0.2, -0.15) is 26.3 Å². The SMILES string of the molecule is CN1CCN(CCc2cccc(Cl)c2)CC1CCO.O=C(O)C(F)(F)F.O=C(O)C(F)(F)F. The minimum absolute atomic E-state index is 0.275. The van der Waals surface area contributed by atoms with Gasteiger partial charge in [0.2, 0.25) is 0 Å². The second-order valence-corrected chi connectivity index (χ2v) is 7.37. The average molecular weight is 511 g/mol. The smallest absolute Gasteiger partial charge is 0.475 e. The molecule has 33 heavy (non-hydrogen) atoms. The number of nitrogens with zero attached hydrogens (tertiary/aromatic N) is 2. The largest absolute Gasteiger partial charge is 0.490 e. The molecule has 1 saturated heterocycles. The molecular weight excluding hydrogens is 486 g/mol. The molecule has 3 N–H and O–H groups in total. The maximum absolute atomic E-state index is 10.6. The summed E-state index contributed by atoms with van der Waals surface area (Å²) in [4.78, 5) is 22.6. The predicted octanol–water partition coefficient (Wildman–Crippen LogP) is 3.15. The van der Waals surface area contributed by atoms with E-state index < -0.39 is 24.3 Å². The Morgan fingerprint density at radius 1 is 1.06 bits per heavy atom. The molecule has 190 valence electrons. The number of rotatable bonds is 5. The molecule has 1 aromatic carbocycles. The van der Waals surface area contributed by atoms with Crippen LogP contribution in [0.1, 0.15) is 12.0 Å². The van der Waals surface area contributed by atoms with Crippen molar-refractivity contribution in [2.24, 2.45) is 0 Å². The van der Waals surface area contributed by atoms with Gasteiger partial charge in [0, 0.05) is 43.9 Å². The van der Waals surface area contributed by atoms with Gasteiger partial charge in [-0.25, -0.2) is 9.59 Å². The van der Waals surface area contributed by atoms with Gasteiger partial charge in [-0.3, -0.25) is 0 Å². The molecule has 0 amide bonds. The van der Waals surface area contributed by atoms with E-state index in [1.807, 2.05) is 18.2 Å². The molecule has 1 aromatic rings. The Balaban J connectivity index is 0.000000605. The quantitative estimate of drug-likeness (QED) is 0.523. The normalized spacial score (nSPS) is 17.3. The zero-order valence-electron chi connectivity index (χ0n) is 17.5. The molecule has 0 aliphatic carbocycles. The van der Waals surface area contributed by atoms with Gasteiger partial charge in [0.25, 0.3) is 0 Å². The van der Waals surface area contributed by atoms with Gasteiger partial charge < -0.3 is 25.1 Å². The predicted molar refractivity (Wildman–Crippen MR) is 107 cm³/mol. The zero-order chi connectivity index (χ0) is 25.8. The molecule has 1 unspecified atom stereocenters. The van der Waals surface area contributed by atoms with Crippen LogP contribution in [0.4, 0.5) is 26.3 Å². The first kappa shape index (κ1) is 30.9. The van der Waals surface area contributed by atoms with Crippen molar-refractivity contribution >= 4 is 23.5 Å². The number of aliphatic hydroxyl groups is 1. The van der Waals surface area contributed by atoms with Gasteiger partial charge in [0.05, 0.1) is 0 Å². The number of piperazine rings is 1. The lowest BCUT2D eigenvalue weighted by Crippen LogP contribution is -2.52. The first-order valence-electron chi connectivity index (χ1n) is 9.46. The molecule has 0 radical (unpaired) electrons. The number of hydrogen-bond donors (Lipinski definition) is 3. The van der Waals surface area contributed by atoms with Crippen LogP contribution in [0.25, 0.3) is 0 Å². The number of carboxylic acids is 2. The van der Waals surface area contributed by atoms with Crippen molar-refractivity contribution in [3.63, 3.8) is 0 Å². The van der Waals surface area contributed by atoms with Crippen LogP contribution in [-0.2, 0) is 16.0 Å². The summed E-state index contributed by atoms with van der Waals surface area (Å²) in [6.45, 7) is 4.59. The summed E-state index contributed by atoms with van der Waals surface area (Å²) in [5, 5.41) is 24.2. The lowest BCUT2D eigenvalue weighted by Gasteiger charge is -2.39. The van der Waals surface area contributed by atoms with Crippen molar-refractivity contribution in [1.82, 2.24) is 9.80 Å². The molecule has 0 aromatic heterocycles. The molecule has 7 nitrogen and oxygen atoms in total. The molecule has 14 heteroatoms. The van der Waals surface area contributed by atoms with Gasteiger partial charge in [-0.15, -0.1) is 0 Å². The fourth-order valence-electron chi connectivity index (χ4n) is 2.65. The van der Waals surface area contributed by atoms with Gasteiger partial charge in [0.1, 0.15) is 0 Å². The zero-order valence-corrected chi connectivity index (χ0v) is 18.3. The maximum atomic E-state index is 10.6. The van der Waals surface area contributed by atoms with Crippen LogP contribution in [0.3, 0.4) is 0 Å². The third-order valence-electron chi connectivity index (χ3n) is 4.41. The molecule has 2 rings (SSSR count). The number of halogens is 7. The average Bonchev–Trinajstić information content (AvgIpc) is 2.68. The summed E-state index contributed by atoms with van der Waals surface area (Å²) in [7, 11) is 2.15. The third kappa shape index (κ3) is 13.9. The number of carboxylic acid groups (broad SMARTS) is 2. The van der Waals surface area contributed by atoms with Crippen LogP contribution in [0.5, 0.6) is 0 Å². The van der Waals surface area contributed by atoms with E-state index in [4.69, 9.17) is 36.5 Å². The van der Waals surface area contributed by atoms with Gasteiger partial charge >= 0.3 is 24.3 Å². The molecule has 1 heterocycles. The van der Waals surface area contributed by atoms with Crippen molar-refractivity contribution < 1.29 is 51.3 Å². The van der Waals surface area contributed by atoms with E-state index in [9.17, 15) is 26.3 Å². The van der Waals surface area contributed by atoms with E-state index in [1.165, 1.54) is 5.56 Å². The van der Waals surface area contributed by atoms with Crippen molar-refractivity contribution in [2.45, 2.75) is 31.2 Å². The Morgan fingerprint density at radius 2 is 1.58 bits per heavy atom. The van der Waals surface area contributed by atoms with Crippen molar-refractivity contribution in [1.29, 1.82) is 0 Å². The number of benzene rings is 1. The summed E-state index contributed by atoms with van der Waals surface area (Å²) in [5.41, 5.74) is 1.30. The molecule has 0 saturated carbocycles. The second-order valence-electron chi connectivity index (χ2n) is 6.93. The van der Waals surface area contributed by atoms with Gasteiger partial charge in [-0.1, -0.05) is 23.7 Å². The van der Waals surface area contributed by atoms with Crippen molar-refractivity contribution in [2.75, 3.05) is 39.8 Å². The highest BCUT2D eigenvalue weighted by molar-refractivity contribution is 6.30. The van der Waals surface area contributed by atoms with E-state index in [0.717, 1.165) is 44.0 Å². The number of likely N-dealkylation sites (N-methyl/N-ethyl adjacent to an activating group) is 1. The van der Waals surface area contributed by atoms with Crippen LogP contribution in [0, 0.1) is 0 Å². The first-order valence-corrected chi connectivity index (χ1v) is 9.83. The Hall–Kier alpha value is -2.09. The first-order chi connectivity index (χ1) is 15.1. The minimum Gasteiger partial charge on any atom is -0.475 e. The van der Waals surface area contributed by atoms with Gasteiger partial charge in [0.15, 0.2) is 0 Å². The van der Waals surface area contributed by atoms with Crippen LogP contribution >= 0.6 is 11.6 Å². The molecule has 1 aliphatic heterocycles. The highest BCUT2D eigenvalue weighted by atomic mass is 35.5. The Labute approximate surface area is 191 Å². The summed E-state index contributed by atoms with van der Waals surface area (Å²) in [5.74, 6) is -5.51. The summed E-state index contributed by atoms with van der Waals surface area (Å²) in [6, 6.07) is 8.59. The molecule has 0 spiro atoms. The topological polar surface area (TPSA) is 101 Å². The molecule has 1 aliphatic rings. The number of alkyl halides is 6. The van der Waals surface area contributed by atoms with Crippen LogP contribution < -0.4 is 0 Å². The Kier molecular flexibility index (Phi) is 13.3. The monoisotopic (exact) mass is 510 g/mol. The van der Waals surface area contributed by atoms with Crippen LogP contribution in [0.15, 0.2) is 24.3 Å². The molecule has 1 fully saturated rings. The summed E-state index contributed by atoms with van der Waals surface area (Å²) < 4.78 is 63.5. The Morgan fingerprint density at radius 3 is 2.00 bits per heavy atom. The summed E-state index contributed by atoms with van der Waals surface area (Å²) in [6.07, 6.45) is -8.26. The lowest BCUT2D eigenvalue weighted by molar-refractivity contribution is -0.193. The van der Waals surface area contributed by atoms with Crippen molar-refractivity contribution in [3.05, 3.63) is 34.9 Å². The molecule has 1 atom stereocenters. The van der Waals surface area contributed by atoms with E-state index in [-0.39, 0.29) is 6.61 Å². The molecule has 0 bridgehead atoms. The number of hydrogen-bond acceptors (Lipinski definition) is 5. The van der Waals surface area contributed by atoms with E-state index in [2.05, 4.69) is 22.9 Å². The second kappa shape index (κ2) is 14.2. The van der Waals surface area contributed by atoms with Crippen LogP contribution in [-0.4, -0.2) is 95.3 Å². The van der Waals surface area contributed by atoms with E-state index in [0.29, 0.717) is 6.04 Å². The van der Waals surface area contributed by atoms with Gasteiger partial charge in [-0.05, 0) is 37.6 Å². The fourth-order valence-corrected chi connectivity index (χ4v) is 2.87. The standard InChI is InChI=1S/C15H23ClN2O.2C2HF3O2/c1-17-8-9-18(12-15(17)6-10-19)7-5-13-3-2-4-14(16)11-13;2*3-2(4,5)1(6)7/h2-4,11,15,19H,5-10,12H2,1H3;2*(H,6,7). The number of aliphatic hydroxyl groups excluding tert-OH is 1. The van der Waals surface area contributed by atoms with Crippen molar-refractivity contribution in [3.8, 4) is 0 Å². The fraction of sp³-hybridized carbons (Fsp3) is 0.579. The van der Waals surface area contributed by atoms with E-state index in [1.54, 1.807) is 0 Å². The highest BCUT2D eigenvalue weighted by Gasteiger charge is 2.38.